The second-order valence-electron chi connectivity index (χ2n) is 4.64. The summed E-state index contributed by atoms with van der Waals surface area (Å²) in [6.45, 7) is 0. The number of rotatable bonds is 2. The number of carbonyl (C=O) groups excluding carboxylic acids is 1. The molecule has 1 aliphatic heterocycles. The topological polar surface area (TPSA) is 20.3 Å². The third-order valence-electron chi connectivity index (χ3n) is 3.15. The summed E-state index contributed by atoms with van der Waals surface area (Å²) in [6, 6.07) is 12.6. The van der Waals surface area contributed by atoms with E-state index in [-0.39, 0.29) is 5.91 Å². The molecule has 2 aromatic carbocycles. The van der Waals surface area contributed by atoms with Crippen LogP contribution in [0.15, 0.2) is 51.8 Å². The maximum atomic E-state index is 12.7. The SMILES string of the molecule is O=C1/C(=C\c2ccccc2Cl)SC(=S)N1c1ccc(Br)c(Cl)c1. The summed E-state index contributed by atoms with van der Waals surface area (Å²) in [5, 5.41) is 1.11. The summed E-state index contributed by atoms with van der Waals surface area (Å²) in [4.78, 5) is 14.7. The molecule has 1 aliphatic rings. The minimum atomic E-state index is -0.182. The second kappa shape index (κ2) is 6.95. The number of benzene rings is 2. The molecule has 0 unspecified atom stereocenters. The Balaban J connectivity index is 1.97. The quantitative estimate of drug-likeness (QED) is 0.408. The van der Waals surface area contributed by atoms with Gasteiger partial charge in [-0.05, 0) is 51.8 Å². The minimum absolute atomic E-state index is 0.182. The van der Waals surface area contributed by atoms with Crippen molar-refractivity contribution in [3.63, 3.8) is 0 Å². The van der Waals surface area contributed by atoms with Crippen molar-refractivity contribution in [3.8, 4) is 0 Å². The molecule has 7 heteroatoms. The normalized spacial score (nSPS) is 16.5. The maximum absolute atomic E-state index is 12.7. The lowest BCUT2D eigenvalue weighted by atomic mass is 10.2. The van der Waals surface area contributed by atoms with Crippen LogP contribution in [0.3, 0.4) is 0 Å². The van der Waals surface area contributed by atoms with Gasteiger partial charge in [-0.1, -0.05) is 65.4 Å². The van der Waals surface area contributed by atoms with Gasteiger partial charge in [0, 0.05) is 9.50 Å². The number of anilines is 1. The van der Waals surface area contributed by atoms with Gasteiger partial charge in [0.2, 0.25) is 0 Å². The maximum Gasteiger partial charge on any atom is 0.270 e. The molecule has 3 rings (SSSR count). The third kappa shape index (κ3) is 3.49. The van der Waals surface area contributed by atoms with Gasteiger partial charge >= 0.3 is 0 Å². The monoisotopic (exact) mass is 443 g/mol. The Morgan fingerprint density at radius 3 is 2.57 bits per heavy atom. The highest BCUT2D eigenvalue weighted by atomic mass is 79.9. The van der Waals surface area contributed by atoms with E-state index < -0.39 is 0 Å². The van der Waals surface area contributed by atoms with Crippen LogP contribution in [-0.4, -0.2) is 10.2 Å². The molecule has 1 amide bonds. The number of halogens is 3. The Bertz CT molecular complexity index is 854. The summed E-state index contributed by atoms with van der Waals surface area (Å²) in [6.07, 6.45) is 1.75. The fraction of sp³-hybridized carbons (Fsp3) is 0. The number of thioether (sulfide) groups is 1. The predicted octanol–water partition coefficient (Wildman–Crippen LogP) is 6.16. The largest absolute Gasteiger partial charge is 0.270 e. The van der Waals surface area contributed by atoms with Gasteiger partial charge in [-0.3, -0.25) is 9.69 Å². The summed E-state index contributed by atoms with van der Waals surface area (Å²) >= 11 is 22.2. The zero-order valence-corrected chi connectivity index (χ0v) is 16.2. The Labute approximate surface area is 161 Å². The molecule has 0 radical (unpaired) electrons. The standard InChI is InChI=1S/C16H8BrCl2NOS2/c17-11-6-5-10(8-13(11)19)20-15(21)14(23-16(20)22)7-9-3-1-2-4-12(9)18/h1-8H/b14-7+. The summed E-state index contributed by atoms with van der Waals surface area (Å²) in [7, 11) is 0. The highest BCUT2D eigenvalue weighted by Crippen LogP contribution is 2.38. The van der Waals surface area contributed by atoms with Crippen LogP contribution in [0.2, 0.25) is 10.0 Å². The summed E-state index contributed by atoms with van der Waals surface area (Å²) in [5.74, 6) is -0.182. The lowest BCUT2D eigenvalue weighted by Crippen LogP contribution is -2.27. The van der Waals surface area contributed by atoms with Gasteiger partial charge in [0.1, 0.15) is 0 Å². The minimum Gasteiger partial charge on any atom is -0.268 e. The van der Waals surface area contributed by atoms with E-state index in [1.54, 1.807) is 30.3 Å². The average molecular weight is 445 g/mol. The van der Waals surface area contributed by atoms with Gasteiger partial charge in [-0.2, -0.15) is 0 Å². The van der Waals surface area contributed by atoms with Gasteiger partial charge in [0.05, 0.1) is 15.6 Å². The molecular weight excluding hydrogens is 437 g/mol. The van der Waals surface area contributed by atoms with E-state index in [0.717, 1.165) is 10.0 Å². The van der Waals surface area contributed by atoms with E-state index in [9.17, 15) is 4.79 Å². The molecule has 0 N–H and O–H groups in total. The van der Waals surface area contributed by atoms with Crippen LogP contribution < -0.4 is 4.90 Å². The van der Waals surface area contributed by atoms with Crippen LogP contribution >= 0.6 is 63.1 Å². The first-order chi connectivity index (χ1) is 11.0. The molecule has 0 spiro atoms. The van der Waals surface area contributed by atoms with Gasteiger partial charge in [-0.15, -0.1) is 0 Å². The molecule has 116 valence electrons. The van der Waals surface area contributed by atoms with Crippen molar-refractivity contribution in [2.75, 3.05) is 4.90 Å². The van der Waals surface area contributed by atoms with Crippen molar-refractivity contribution >= 4 is 85.1 Å². The molecular formula is C16H8BrCl2NOS2. The third-order valence-corrected chi connectivity index (χ3v) is 6.03. The van der Waals surface area contributed by atoms with E-state index in [4.69, 9.17) is 35.4 Å². The fourth-order valence-electron chi connectivity index (χ4n) is 2.05. The van der Waals surface area contributed by atoms with Gasteiger partial charge < -0.3 is 0 Å². The first-order valence-electron chi connectivity index (χ1n) is 6.45. The van der Waals surface area contributed by atoms with Crippen LogP contribution in [0.25, 0.3) is 6.08 Å². The van der Waals surface area contributed by atoms with E-state index >= 15 is 0 Å². The van der Waals surface area contributed by atoms with Gasteiger partial charge in [-0.25, -0.2) is 0 Å². The molecule has 0 bridgehead atoms. The molecule has 2 nitrogen and oxygen atoms in total. The second-order valence-corrected chi connectivity index (χ2v) is 7.98. The number of hydrogen-bond acceptors (Lipinski definition) is 3. The zero-order chi connectivity index (χ0) is 16.6. The Morgan fingerprint density at radius 1 is 1.13 bits per heavy atom. The van der Waals surface area contributed by atoms with E-state index in [1.807, 2.05) is 18.2 Å². The van der Waals surface area contributed by atoms with E-state index in [2.05, 4.69) is 15.9 Å². The molecule has 0 atom stereocenters. The predicted molar refractivity (Wildman–Crippen MR) is 106 cm³/mol. The average Bonchev–Trinajstić information content (AvgIpc) is 2.79. The molecule has 1 heterocycles. The highest BCUT2D eigenvalue weighted by molar-refractivity contribution is 9.10. The zero-order valence-electron chi connectivity index (χ0n) is 11.4. The van der Waals surface area contributed by atoms with Crippen LogP contribution in [0.1, 0.15) is 5.56 Å². The first kappa shape index (κ1) is 17.0. The number of thiocarbonyl (C=S) groups is 1. The number of hydrogen-bond donors (Lipinski definition) is 0. The summed E-state index contributed by atoms with van der Waals surface area (Å²) < 4.78 is 1.23. The molecule has 23 heavy (non-hydrogen) atoms. The van der Waals surface area contributed by atoms with E-state index in [0.29, 0.717) is 25.0 Å². The van der Waals surface area contributed by atoms with Crippen LogP contribution in [-0.2, 0) is 4.79 Å². The first-order valence-corrected chi connectivity index (χ1v) is 9.22. The lowest BCUT2D eigenvalue weighted by Gasteiger charge is -2.15. The molecule has 0 aromatic heterocycles. The highest BCUT2D eigenvalue weighted by Gasteiger charge is 2.33. The smallest absolute Gasteiger partial charge is 0.268 e. The van der Waals surface area contributed by atoms with Crippen LogP contribution in [0, 0.1) is 0 Å². The fourth-order valence-corrected chi connectivity index (χ4v) is 3.95. The van der Waals surface area contributed by atoms with Gasteiger partial charge in [0.25, 0.3) is 5.91 Å². The van der Waals surface area contributed by atoms with Crippen molar-refractivity contribution in [2.45, 2.75) is 0 Å². The number of carbonyl (C=O) groups is 1. The van der Waals surface area contributed by atoms with Crippen molar-refractivity contribution in [3.05, 3.63) is 67.5 Å². The van der Waals surface area contributed by atoms with Crippen molar-refractivity contribution in [1.29, 1.82) is 0 Å². The number of amides is 1. The Kier molecular flexibility index (Phi) is 5.13. The van der Waals surface area contributed by atoms with Crippen LogP contribution in [0.4, 0.5) is 5.69 Å². The number of nitrogens with zero attached hydrogens (tertiary/aromatic N) is 1. The van der Waals surface area contributed by atoms with Crippen molar-refractivity contribution in [2.24, 2.45) is 0 Å². The molecule has 1 saturated heterocycles. The van der Waals surface area contributed by atoms with E-state index in [1.165, 1.54) is 16.7 Å². The molecule has 1 fully saturated rings. The van der Waals surface area contributed by atoms with Crippen molar-refractivity contribution < 1.29 is 4.79 Å². The van der Waals surface area contributed by atoms with Crippen molar-refractivity contribution in [1.82, 2.24) is 0 Å². The Hall–Kier alpha value is -0.850. The Morgan fingerprint density at radius 2 is 1.87 bits per heavy atom. The molecule has 0 aliphatic carbocycles. The van der Waals surface area contributed by atoms with Crippen LogP contribution in [0.5, 0.6) is 0 Å². The molecule has 0 saturated carbocycles. The lowest BCUT2D eigenvalue weighted by molar-refractivity contribution is -0.113. The summed E-state index contributed by atoms with van der Waals surface area (Å²) in [5.41, 5.74) is 1.42. The molecule has 2 aromatic rings. The van der Waals surface area contributed by atoms with Gasteiger partial charge in [0.15, 0.2) is 4.32 Å².